The van der Waals surface area contributed by atoms with Gasteiger partial charge in [-0.3, -0.25) is 0 Å². The monoisotopic (exact) mass is 206 g/mol. The van der Waals surface area contributed by atoms with Gasteiger partial charge in [-0.25, -0.2) is 0 Å². The Morgan fingerprint density at radius 3 is 1.93 bits per heavy atom. The number of aliphatic hydroxyl groups is 1. The molecule has 86 valence electrons. The molecule has 4 nitrogen and oxygen atoms in total. The molecule has 0 saturated heterocycles. The van der Waals surface area contributed by atoms with E-state index in [9.17, 15) is 0 Å². The molecule has 0 aromatic rings. The molecule has 4 heteroatoms. The second-order valence-corrected chi connectivity index (χ2v) is 3.52. The topological polar surface area (TPSA) is 47.9 Å². The molecule has 0 fully saturated rings. The Hall–Kier alpha value is -0.160. The van der Waals surface area contributed by atoms with E-state index in [1.807, 2.05) is 20.8 Å². The molecule has 1 N–H and O–H groups in total. The lowest BCUT2D eigenvalue weighted by Crippen LogP contribution is -2.25. The van der Waals surface area contributed by atoms with Gasteiger partial charge in [0.05, 0.1) is 38.1 Å². The van der Waals surface area contributed by atoms with E-state index in [-0.39, 0.29) is 24.9 Å². The largest absolute Gasteiger partial charge is 0.394 e. The molecule has 0 aromatic carbocycles. The van der Waals surface area contributed by atoms with Crippen molar-refractivity contribution in [3.63, 3.8) is 0 Å². The van der Waals surface area contributed by atoms with Gasteiger partial charge in [-0.1, -0.05) is 0 Å². The van der Waals surface area contributed by atoms with E-state index < -0.39 is 0 Å². The third kappa shape index (κ3) is 7.26. The van der Waals surface area contributed by atoms with Crippen LogP contribution in [-0.2, 0) is 14.2 Å². The Bertz CT molecular complexity index is 115. The summed E-state index contributed by atoms with van der Waals surface area (Å²) in [5.41, 5.74) is 0. The first-order valence-electron chi connectivity index (χ1n) is 4.97. The Kier molecular flexibility index (Phi) is 8.08. The van der Waals surface area contributed by atoms with E-state index in [4.69, 9.17) is 19.3 Å². The van der Waals surface area contributed by atoms with E-state index in [2.05, 4.69) is 0 Å². The fourth-order valence-corrected chi connectivity index (χ4v) is 0.768. The number of rotatable bonds is 8. The minimum Gasteiger partial charge on any atom is -0.394 e. The van der Waals surface area contributed by atoms with E-state index in [1.54, 1.807) is 7.11 Å². The van der Waals surface area contributed by atoms with Gasteiger partial charge in [-0.15, -0.1) is 0 Å². The van der Waals surface area contributed by atoms with Crippen molar-refractivity contribution in [1.82, 2.24) is 0 Å². The van der Waals surface area contributed by atoms with Crippen LogP contribution < -0.4 is 0 Å². The first-order chi connectivity index (χ1) is 6.60. The lowest BCUT2D eigenvalue weighted by Gasteiger charge is -2.18. The highest BCUT2D eigenvalue weighted by molar-refractivity contribution is 4.53. The van der Waals surface area contributed by atoms with Crippen molar-refractivity contribution < 1.29 is 19.3 Å². The van der Waals surface area contributed by atoms with Gasteiger partial charge in [0.25, 0.3) is 0 Å². The van der Waals surface area contributed by atoms with Crippen LogP contribution in [-0.4, -0.2) is 50.3 Å². The first-order valence-corrected chi connectivity index (χ1v) is 4.97. The molecule has 0 aliphatic rings. The normalized spacial score (nSPS) is 17.8. The fraction of sp³-hybridized carbons (Fsp3) is 1.00. The molecule has 0 saturated carbocycles. The minimum absolute atomic E-state index is 0.0293. The van der Waals surface area contributed by atoms with Crippen LogP contribution in [0.3, 0.4) is 0 Å². The molecule has 0 amide bonds. The predicted octanol–water partition coefficient (Wildman–Crippen LogP) is 0.824. The minimum atomic E-state index is -0.124. The Balaban J connectivity index is 3.40. The SMILES string of the molecule is CO[C@H](C)CO[C@H](C)CO[C@@H](C)CO. The van der Waals surface area contributed by atoms with Crippen LogP contribution in [0.2, 0.25) is 0 Å². The number of hydrogen-bond donors (Lipinski definition) is 1. The molecule has 0 rings (SSSR count). The molecule has 0 heterocycles. The zero-order chi connectivity index (χ0) is 11.0. The third-order valence-electron chi connectivity index (χ3n) is 1.89. The molecule has 0 aliphatic heterocycles. The lowest BCUT2D eigenvalue weighted by molar-refractivity contribution is -0.0677. The van der Waals surface area contributed by atoms with Crippen molar-refractivity contribution in [2.24, 2.45) is 0 Å². The van der Waals surface area contributed by atoms with Crippen molar-refractivity contribution in [2.75, 3.05) is 26.9 Å². The van der Waals surface area contributed by atoms with E-state index in [0.29, 0.717) is 13.2 Å². The molecule has 0 aliphatic carbocycles. The summed E-state index contributed by atoms with van der Waals surface area (Å²) >= 11 is 0. The number of ether oxygens (including phenoxy) is 3. The Morgan fingerprint density at radius 1 is 0.929 bits per heavy atom. The Morgan fingerprint density at radius 2 is 1.43 bits per heavy atom. The summed E-state index contributed by atoms with van der Waals surface area (Å²) in [7, 11) is 1.66. The van der Waals surface area contributed by atoms with Crippen LogP contribution in [0.1, 0.15) is 20.8 Å². The predicted molar refractivity (Wildman–Crippen MR) is 54.4 cm³/mol. The lowest BCUT2D eigenvalue weighted by atomic mass is 10.4. The van der Waals surface area contributed by atoms with Crippen molar-refractivity contribution in [3.8, 4) is 0 Å². The smallest absolute Gasteiger partial charge is 0.0781 e. The quantitative estimate of drug-likeness (QED) is 0.639. The molecule has 0 bridgehead atoms. The Labute approximate surface area is 86.2 Å². The number of hydrogen-bond acceptors (Lipinski definition) is 4. The third-order valence-corrected chi connectivity index (χ3v) is 1.89. The molecule has 0 radical (unpaired) electrons. The highest BCUT2D eigenvalue weighted by atomic mass is 16.6. The first kappa shape index (κ1) is 13.8. The maximum Gasteiger partial charge on any atom is 0.0781 e. The maximum atomic E-state index is 8.72. The number of aliphatic hydroxyl groups excluding tert-OH is 1. The summed E-state index contributed by atoms with van der Waals surface area (Å²) < 4.78 is 15.8. The standard InChI is InChI=1S/C10H22O4/c1-8(5-11)13-7-10(3)14-6-9(2)12-4/h8-11H,5-7H2,1-4H3/t8-,9+,10+/m0/s1. The van der Waals surface area contributed by atoms with Crippen molar-refractivity contribution in [3.05, 3.63) is 0 Å². The van der Waals surface area contributed by atoms with Gasteiger partial charge >= 0.3 is 0 Å². The number of methoxy groups -OCH3 is 1. The van der Waals surface area contributed by atoms with Gasteiger partial charge in [0.2, 0.25) is 0 Å². The van der Waals surface area contributed by atoms with E-state index >= 15 is 0 Å². The summed E-state index contributed by atoms with van der Waals surface area (Å²) in [5, 5.41) is 8.72. The van der Waals surface area contributed by atoms with E-state index in [1.165, 1.54) is 0 Å². The van der Waals surface area contributed by atoms with Crippen LogP contribution in [0, 0.1) is 0 Å². The van der Waals surface area contributed by atoms with Crippen LogP contribution in [0.5, 0.6) is 0 Å². The van der Waals surface area contributed by atoms with Gasteiger partial charge in [-0.05, 0) is 20.8 Å². The van der Waals surface area contributed by atoms with Gasteiger partial charge in [0.1, 0.15) is 0 Å². The van der Waals surface area contributed by atoms with Crippen LogP contribution in [0.4, 0.5) is 0 Å². The molecule has 0 aromatic heterocycles. The van der Waals surface area contributed by atoms with Crippen LogP contribution >= 0.6 is 0 Å². The van der Waals surface area contributed by atoms with Crippen molar-refractivity contribution in [1.29, 1.82) is 0 Å². The second kappa shape index (κ2) is 8.17. The van der Waals surface area contributed by atoms with Crippen LogP contribution in [0.25, 0.3) is 0 Å². The average Bonchev–Trinajstić information content (AvgIpc) is 2.22. The van der Waals surface area contributed by atoms with Crippen molar-refractivity contribution in [2.45, 2.75) is 39.1 Å². The zero-order valence-electron chi connectivity index (χ0n) is 9.53. The molecule has 0 spiro atoms. The average molecular weight is 206 g/mol. The van der Waals surface area contributed by atoms with Gasteiger partial charge in [0, 0.05) is 7.11 Å². The van der Waals surface area contributed by atoms with Gasteiger partial charge in [-0.2, -0.15) is 0 Å². The second-order valence-electron chi connectivity index (χ2n) is 3.52. The summed E-state index contributed by atoms with van der Waals surface area (Å²) in [4.78, 5) is 0. The summed E-state index contributed by atoms with van der Waals surface area (Å²) in [6.45, 7) is 6.81. The molecular formula is C10H22O4. The highest BCUT2D eigenvalue weighted by Crippen LogP contribution is 1.98. The summed E-state index contributed by atoms with van der Waals surface area (Å²) in [6, 6.07) is 0. The maximum absolute atomic E-state index is 8.72. The zero-order valence-corrected chi connectivity index (χ0v) is 9.53. The highest BCUT2D eigenvalue weighted by Gasteiger charge is 2.07. The van der Waals surface area contributed by atoms with Crippen LogP contribution in [0.15, 0.2) is 0 Å². The molecular weight excluding hydrogens is 184 g/mol. The van der Waals surface area contributed by atoms with Gasteiger partial charge in [0.15, 0.2) is 0 Å². The van der Waals surface area contributed by atoms with E-state index in [0.717, 1.165) is 0 Å². The van der Waals surface area contributed by atoms with Gasteiger partial charge < -0.3 is 19.3 Å². The fourth-order valence-electron chi connectivity index (χ4n) is 0.768. The summed E-state index contributed by atoms with van der Waals surface area (Å²) in [5.74, 6) is 0. The molecule has 3 atom stereocenters. The molecule has 14 heavy (non-hydrogen) atoms. The van der Waals surface area contributed by atoms with Crippen molar-refractivity contribution >= 4 is 0 Å². The molecule has 0 unspecified atom stereocenters. The summed E-state index contributed by atoms with van der Waals surface area (Å²) in [6.07, 6.45) is 0.00946.